The van der Waals surface area contributed by atoms with Crippen LogP contribution in [0.1, 0.15) is 55.7 Å². The van der Waals surface area contributed by atoms with Crippen molar-refractivity contribution in [2.45, 2.75) is 45.1 Å². The fraction of sp³-hybridized carbons (Fsp3) is 0.692. The third-order valence-electron chi connectivity index (χ3n) is 3.31. The van der Waals surface area contributed by atoms with Gasteiger partial charge in [-0.15, -0.1) is 5.10 Å². The van der Waals surface area contributed by atoms with Crippen molar-refractivity contribution >= 4 is 12.1 Å². The molecule has 8 nitrogen and oxygen atoms in total. The molecule has 0 unspecified atom stereocenters. The Morgan fingerprint density at radius 1 is 1.29 bits per heavy atom. The van der Waals surface area contributed by atoms with Gasteiger partial charge >= 0.3 is 12.1 Å². The molecule has 8 heteroatoms. The van der Waals surface area contributed by atoms with E-state index in [4.69, 9.17) is 9.84 Å². The molecule has 116 valence electrons. The SMILES string of the molecule is CC(C)(C)OC(=O)N1CCC(c2n[nH]nc2C(=O)O)CC1. The number of aromatic amines is 1. The second kappa shape index (κ2) is 5.71. The van der Waals surface area contributed by atoms with Gasteiger partial charge in [0.1, 0.15) is 11.3 Å². The van der Waals surface area contributed by atoms with E-state index in [0.717, 1.165) is 0 Å². The number of hydrogen-bond acceptors (Lipinski definition) is 5. The molecule has 1 aromatic heterocycles. The summed E-state index contributed by atoms with van der Waals surface area (Å²) in [6, 6.07) is 0. The molecule has 2 heterocycles. The first-order chi connectivity index (χ1) is 9.78. The lowest BCUT2D eigenvalue weighted by molar-refractivity contribution is 0.0203. The highest BCUT2D eigenvalue weighted by Gasteiger charge is 2.31. The Morgan fingerprint density at radius 2 is 1.90 bits per heavy atom. The molecule has 0 aliphatic carbocycles. The van der Waals surface area contributed by atoms with E-state index in [-0.39, 0.29) is 17.7 Å². The van der Waals surface area contributed by atoms with E-state index in [1.165, 1.54) is 0 Å². The fourth-order valence-electron chi connectivity index (χ4n) is 2.34. The number of H-pyrrole nitrogens is 1. The molecular formula is C13H20N4O4. The number of nitrogens with zero attached hydrogens (tertiary/aromatic N) is 3. The number of carboxylic acids is 1. The minimum Gasteiger partial charge on any atom is -0.476 e. The van der Waals surface area contributed by atoms with Crippen LogP contribution in [0.4, 0.5) is 4.79 Å². The number of aromatic carboxylic acids is 1. The quantitative estimate of drug-likeness (QED) is 0.858. The van der Waals surface area contributed by atoms with Crippen molar-refractivity contribution in [3.63, 3.8) is 0 Å². The van der Waals surface area contributed by atoms with Crippen molar-refractivity contribution in [3.8, 4) is 0 Å². The van der Waals surface area contributed by atoms with Crippen molar-refractivity contribution in [2.75, 3.05) is 13.1 Å². The molecule has 0 aromatic carbocycles. The van der Waals surface area contributed by atoms with Crippen LogP contribution in [-0.2, 0) is 4.74 Å². The molecule has 1 aliphatic rings. The van der Waals surface area contributed by atoms with Crippen LogP contribution in [0, 0.1) is 0 Å². The Bertz CT molecular complexity index is 527. The van der Waals surface area contributed by atoms with Crippen molar-refractivity contribution < 1.29 is 19.4 Å². The summed E-state index contributed by atoms with van der Waals surface area (Å²) >= 11 is 0. The van der Waals surface area contributed by atoms with E-state index in [9.17, 15) is 9.59 Å². The number of aromatic nitrogens is 3. The summed E-state index contributed by atoms with van der Waals surface area (Å²) in [6.45, 7) is 6.52. The summed E-state index contributed by atoms with van der Waals surface area (Å²) in [4.78, 5) is 24.6. The number of rotatable bonds is 2. The molecule has 1 saturated heterocycles. The molecular weight excluding hydrogens is 276 g/mol. The van der Waals surface area contributed by atoms with E-state index >= 15 is 0 Å². The van der Waals surface area contributed by atoms with Gasteiger partial charge in [0.15, 0.2) is 5.69 Å². The predicted molar refractivity (Wildman–Crippen MR) is 73.1 cm³/mol. The second-order valence-corrected chi connectivity index (χ2v) is 6.10. The highest BCUT2D eigenvalue weighted by Crippen LogP contribution is 2.28. The maximum absolute atomic E-state index is 12.0. The predicted octanol–water partition coefficient (Wildman–Crippen LogP) is 1.62. The third-order valence-corrected chi connectivity index (χ3v) is 3.31. The van der Waals surface area contributed by atoms with Gasteiger partial charge in [-0.1, -0.05) is 0 Å². The van der Waals surface area contributed by atoms with Gasteiger partial charge in [0.05, 0.1) is 0 Å². The Hall–Kier alpha value is -2.12. The number of amides is 1. The van der Waals surface area contributed by atoms with Crippen LogP contribution in [0.5, 0.6) is 0 Å². The molecule has 0 radical (unpaired) electrons. The molecule has 2 N–H and O–H groups in total. The second-order valence-electron chi connectivity index (χ2n) is 6.10. The summed E-state index contributed by atoms with van der Waals surface area (Å²) in [5.74, 6) is -1.10. The average Bonchev–Trinajstić information content (AvgIpc) is 2.86. The number of likely N-dealkylation sites (tertiary alicyclic amines) is 1. The zero-order chi connectivity index (χ0) is 15.6. The Morgan fingerprint density at radius 3 is 2.43 bits per heavy atom. The lowest BCUT2D eigenvalue weighted by Gasteiger charge is -2.32. The van der Waals surface area contributed by atoms with E-state index < -0.39 is 11.6 Å². The maximum atomic E-state index is 12.0. The van der Waals surface area contributed by atoms with Gasteiger partial charge in [-0.2, -0.15) is 10.3 Å². The van der Waals surface area contributed by atoms with Crippen LogP contribution in [0.2, 0.25) is 0 Å². The summed E-state index contributed by atoms with van der Waals surface area (Å²) in [7, 11) is 0. The van der Waals surface area contributed by atoms with E-state index in [1.807, 2.05) is 20.8 Å². The van der Waals surface area contributed by atoms with Crippen molar-refractivity contribution in [3.05, 3.63) is 11.4 Å². The Labute approximate surface area is 122 Å². The summed E-state index contributed by atoms with van der Waals surface area (Å²) < 4.78 is 5.32. The molecule has 1 amide bonds. The number of ether oxygens (including phenoxy) is 1. The van der Waals surface area contributed by atoms with Gasteiger partial charge < -0.3 is 14.7 Å². The van der Waals surface area contributed by atoms with Gasteiger partial charge in [-0.3, -0.25) is 0 Å². The normalized spacial score (nSPS) is 16.8. The highest BCUT2D eigenvalue weighted by atomic mass is 16.6. The summed E-state index contributed by atoms with van der Waals surface area (Å²) in [6.07, 6.45) is 0.956. The van der Waals surface area contributed by atoms with Crippen LogP contribution < -0.4 is 0 Å². The van der Waals surface area contributed by atoms with E-state index in [0.29, 0.717) is 31.6 Å². The van der Waals surface area contributed by atoms with E-state index in [2.05, 4.69) is 15.4 Å². The highest BCUT2D eigenvalue weighted by molar-refractivity contribution is 5.86. The van der Waals surface area contributed by atoms with Crippen LogP contribution in [-0.4, -0.2) is 56.2 Å². The smallest absolute Gasteiger partial charge is 0.410 e. The Kier molecular flexibility index (Phi) is 4.15. The molecule has 0 bridgehead atoms. The van der Waals surface area contributed by atoms with Crippen LogP contribution >= 0.6 is 0 Å². The Balaban J connectivity index is 1.96. The molecule has 0 atom stereocenters. The first kappa shape index (κ1) is 15.3. The minimum atomic E-state index is -1.09. The van der Waals surface area contributed by atoms with Crippen LogP contribution in [0.3, 0.4) is 0 Å². The summed E-state index contributed by atoms with van der Waals surface area (Å²) in [5.41, 5.74) is -0.0895. The molecule has 1 fully saturated rings. The standard InChI is InChI=1S/C13H20N4O4/c1-13(2,3)21-12(20)17-6-4-8(5-7-17)9-10(11(18)19)15-16-14-9/h8H,4-7H2,1-3H3,(H,18,19)(H,14,15,16). The van der Waals surface area contributed by atoms with Crippen LogP contribution in [0.25, 0.3) is 0 Å². The first-order valence-electron chi connectivity index (χ1n) is 6.90. The average molecular weight is 296 g/mol. The number of nitrogens with one attached hydrogen (secondary N) is 1. The van der Waals surface area contributed by atoms with E-state index in [1.54, 1.807) is 4.90 Å². The lowest BCUT2D eigenvalue weighted by Crippen LogP contribution is -2.41. The molecule has 1 aliphatic heterocycles. The van der Waals surface area contributed by atoms with Crippen LogP contribution in [0.15, 0.2) is 0 Å². The molecule has 0 spiro atoms. The number of hydrogen-bond donors (Lipinski definition) is 2. The van der Waals surface area contributed by atoms with Gasteiger partial charge in [0.2, 0.25) is 0 Å². The molecule has 1 aromatic rings. The van der Waals surface area contributed by atoms with Gasteiger partial charge in [-0.05, 0) is 33.6 Å². The fourth-order valence-corrected chi connectivity index (χ4v) is 2.34. The van der Waals surface area contributed by atoms with Gasteiger partial charge in [-0.25, -0.2) is 9.59 Å². The first-order valence-corrected chi connectivity index (χ1v) is 6.90. The van der Waals surface area contributed by atoms with Crippen molar-refractivity contribution in [1.29, 1.82) is 0 Å². The van der Waals surface area contributed by atoms with Gasteiger partial charge in [0.25, 0.3) is 0 Å². The lowest BCUT2D eigenvalue weighted by atomic mass is 9.92. The molecule has 0 saturated carbocycles. The number of carbonyl (C=O) groups excluding carboxylic acids is 1. The largest absolute Gasteiger partial charge is 0.476 e. The number of carboxylic acid groups (broad SMARTS) is 1. The number of carbonyl (C=O) groups is 2. The van der Waals surface area contributed by atoms with Gasteiger partial charge in [0, 0.05) is 19.0 Å². The zero-order valence-corrected chi connectivity index (χ0v) is 12.4. The third kappa shape index (κ3) is 3.71. The maximum Gasteiger partial charge on any atom is 0.410 e. The summed E-state index contributed by atoms with van der Waals surface area (Å²) in [5, 5.41) is 19.0. The van der Waals surface area contributed by atoms with Crippen molar-refractivity contribution in [2.24, 2.45) is 0 Å². The number of piperidine rings is 1. The topological polar surface area (TPSA) is 108 Å². The minimum absolute atomic E-state index is 0.00598. The molecule has 21 heavy (non-hydrogen) atoms. The zero-order valence-electron chi connectivity index (χ0n) is 12.4. The van der Waals surface area contributed by atoms with Crippen molar-refractivity contribution in [1.82, 2.24) is 20.3 Å². The molecule has 2 rings (SSSR count). The monoisotopic (exact) mass is 296 g/mol.